The van der Waals surface area contributed by atoms with Gasteiger partial charge in [-0.1, -0.05) is 91.0 Å². The first-order chi connectivity index (χ1) is 17.3. The van der Waals surface area contributed by atoms with E-state index in [4.69, 9.17) is 0 Å². The maximum Gasteiger partial charge on any atom is 0.165 e. The first kappa shape index (κ1) is 24.7. The Morgan fingerprint density at radius 3 is 1.61 bits per heavy atom. The minimum atomic E-state index is -2.17. The lowest BCUT2D eigenvalue weighted by Crippen LogP contribution is -3.00. The second kappa shape index (κ2) is 10.6. The zero-order chi connectivity index (χ0) is 23.7. The van der Waals surface area contributed by atoms with Crippen molar-refractivity contribution in [3.8, 4) is 0 Å². The molecule has 0 unspecified atom stereocenters. The number of anilines is 1. The summed E-state index contributed by atoms with van der Waals surface area (Å²) in [4.78, 5) is 2.23. The molecule has 5 aromatic carbocycles. The van der Waals surface area contributed by atoms with Crippen LogP contribution in [0.15, 0.2) is 133 Å². The van der Waals surface area contributed by atoms with Crippen molar-refractivity contribution in [3.05, 3.63) is 133 Å². The molecule has 2 nitrogen and oxygen atoms in total. The largest absolute Gasteiger partial charge is 1.00 e. The summed E-state index contributed by atoms with van der Waals surface area (Å²) in [6.07, 6.45) is 0.339. The predicted molar refractivity (Wildman–Crippen MR) is 151 cm³/mol. The van der Waals surface area contributed by atoms with Crippen LogP contribution in [0.4, 0.5) is 5.69 Å². The van der Waals surface area contributed by atoms with Crippen LogP contribution in [-0.2, 0) is 0 Å². The van der Waals surface area contributed by atoms with Crippen molar-refractivity contribution in [2.24, 2.45) is 0 Å². The lowest BCUT2D eigenvalue weighted by Gasteiger charge is -2.35. The Hall–Kier alpha value is -2.97. The normalized spacial score (nSPS) is 17.6. The van der Waals surface area contributed by atoms with Gasteiger partial charge in [-0.25, -0.2) is 0 Å². The third-order valence-corrected chi connectivity index (χ3v) is 12.3. The van der Waals surface area contributed by atoms with Crippen LogP contribution in [0, 0.1) is 0 Å². The SMILES string of the molecule is O[C@H]1[C@@H]([P+](c2ccccc2)(c2ccccc2)c2ccccc2)CCN1c1cccc2ccccc12.[Br-]. The summed E-state index contributed by atoms with van der Waals surface area (Å²) in [6, 6.07) is 47.6. The van der Waals surface area contributed by atoms with Crippen LogP contribution in [0.2, 0.25) is 0 Å². The van der Waals surface area contributed by atoms with E-state index in [1.807, 2.05) is 0 Å². The molecule has 0 aromatic heterocycles. The van der Waals surface area contributed by atoms with E-state index in [9.17, 15) is 5.11 Å². The summed E-state index contributed by atoms with van der Waals surface area (Å²) in [5.74, 6) is 0. The minimum absolute atomic E-state index is 0. The van der Waals surface area contributed by atoms with Crippen LogP contribution in [0.5, 0.6) is 0 Å². The van der Waals surface area contributed by atoms with Crippen molar-refractivity contribution in [3.63, 3.8) is 0 Å². The van der Waals surface area contributed by atoms with E-state index >= 15 is 0 Å². The fourth-order valence-corrected chi connectivity index (χ4v) is 10.9. The molecule has 0 saturated carbocycles. The van der Waals surface area contributed by atoms with Crippen molar-refractivity contribution >= 4 is 39.6 Å². The average molecular weight is 554 g/mol. The molecule has 1 fully saturated rings. The van der Waals surface area contributed by atoms with Gasteiger partial charge in [0.15, 0.2) is 6.23 Å². The molecule has 0 bridgehead atoms. The number of rotatable bonds is 5. The molecule has 0 aliphatic carbocycles. The molecular formula is C32H29BrNOP. The second-order valence-electron chi connectivity index (χ2n) is 9.19. The fraction of sp³-hybridized carbons (Fsp3) is 0.125. The maximum absolute atomic E-state index is 12.1. The van der Waals surface area contributed by atoms with Gasteiger partial charge in [0.25, 0.3) is 0 Å². The standard InChI is InChI=1S/C32H29NOP.BrH/c34-32-31(23-24-33(32)30-22-12-14-25-13-10-11-21-29(25)30)35(26-15-4-1-5-16-26,27-17-6-2-7-18-27)28-19-8-3-9-20-28;/h1-22,31-32,34H,23-24H2;1H/q+1;/p-1/t31-,32-;/m0./s1. The van der Waals surface area contributed by atoms with Crippen LogP contribution < -0.4 is 37.8 Å². The van der Waals surface area contributed by atoms with Crippen LogP contribution in [0.25, 0.3) is 10.8 Å². The van der Waals surface area contributed by atoms with Gasteiger partial charge in [0.05, 0.1) is 0 Å². The van der Waals surface area contributed by atoms with Crippen LogP contribution in [0.3, 0.4) is 0 Å². The van der Waals surface area contributed by atoms with Gasteiger partial charge in [0.2, 0.25) is 0 Å². The monoisotopic (exact) mass is 553 g/mol. The highest BCUT2D eigenvalue weighted by atomic mass is 79.9. The Kier molecular flexibility index (Phi) is 7.25. The summed E-state index contributed by atoms with van der Waals surface area (Å²) < 4.78 is 0. The van der Waals surface area contributed by atoms with Gasteiger partial charge < -0.3 is 27.0 Å². The van der Waals surface area contributed by atoms with Crippen LogP contribution >= 0.6 is 7.26 Å². The van der Waals surface area contributed by atoms with E-state index in [2.05, 4.69) is 138 Å². The van der Waals surface area contributed by atoms with Crippen molar-refractivity contribution < 1.29 is 22.1 Å². The molecule has 5 aromatic rings. The highest BCUT2D eigenvalue weighted by molar-refractivity contribution is 7.96. The molecule has 0 amide bonds. The zero-order valence-corrected chi connectivity index (χ0v) is 22.5. The number of hydrogen-bond acceptors (Lipinski definition) is 2. The molecule has 1 saturated heterocycles. The zero-order valence-electron chi connectivity index (χ0n) is 20.0. The van der Waals surface area contributed by atoms with Crippen LogP contribution in [-0.4, -0.2) is 23.5 Å². The molecule has 180 valence electrons. The van der Waals surface area contributed by atoms with E-state index in [1.165, 1.54) is 26.7 Å². The molecule has 1 aliphatic heterocycles. The molecule has 1 heterocycles. The molecule has 36 heavy (non-hydrogen) atoms. The molecule has 1 aliphatic rings. The summed E-state index contributed by atoms with van der Waals surface area (Å²) in [5.41, 5.74) is 1.19. The molecule has 1 N–H and O–H groups in total. The van der Waals surface area contributed by atoms with Gasteiger partial charge in [-0.3, -0.25) is 0 Å². The minimum Gasteiger partial charge on any atom is -1.00 e. The van der Waals surface area contributed by atoms with Crippen LogP contribution in [0.1, 0.15) is 6.42 Å². The first-order valence-electron chi connectivity index (χ1n) is 12.3. The number of aliphatic hydroxyl groups is 1. The summed E-state index contributed by atoms with van der Waals surface area (Å²) >= 11 is 0. The molecular weight excluding hydrogens is 525 g/mol. The highest BCUT2D eigenvalue weighted by Crippen LogP contribution is 2.63. The average Bonchev–Trinajstić information content (AvgIpc) is 3.32. The van der Waals surface area contributed by atoms with E-state index in [0.29, 0.717) is 0 Å². The smallest absolute Gasteiger partial charge is 0.165 e. The van der Waals surface area contributed by atoms with E-state index in [0.717, 1.165) is 18.7 Å². The quantitative estimate of drug-likeness (QED) is 0.338. The van der Waals surface area contributed by atoms with Crippen molar-refractivity contribution in [1.29, 1.82) is 0 Å². The van der Waals surface area contributed by atoms with Gasteiger partial charge in [0, 0.05) is 24.0 Å². The van der Waals surface area contributed by atoms with Crippen molar-refractivity contribution in [2.45, 2.75) is 18.3 Å². The van der Waals surface area contributed by atoms with E-state index in [1.54, 1.807) is 0 Å². The summed E-state index contributed by atoms with van der Waals surface area (Å²) in [5, 5.41) is 18.5. The molecule has 0 radical (unpaired) electrons. The van der Waals surface area contributed by atoms with Gasteiger partial charge >= 0.3 is 0 Å². The van der Waals surface area contributed by atoms with Crippen molar-refractivity contribution in [1.82, 2.24) is 0 Å². The molecule has 2 atom stereocenters. The number of benzene rings is 5. The summed E-state index contributed by atoms with van der Waals surface area (Å²) in [6.45, 7) is 0.827. The van der Waals surface area contributed by atoms with Gasteiger partial charge in [-0.05, 0) is 47.9 Å². The number of fused-ring (bicyclic) bond motifs is 1. The second-order valence-corrected chi connectivity index (χ2v) is 12.8. The Balaban J connectivity index is 0.00000267. The Bertz CT molecular complexity index is 1330. The lowest BCUT2D eigenvalue weighted by atomic mass is 10.1. The Morgan fingerprint density at radius 2 is 1.06 bits per heavy atom. The predicted octanol–water partition coefficient (Wildman–Crippen LogP) is 2.74. The Labute approximate surface area is 224 Å². The Morgan fingerprint density at radius 1 is 0.583 bits per heavy atom. The third kappa shape index (κ3) is 4.06. The van der Waals surface area contributed by atoms with Gasteiger partial charge in [0.1, 0.15) is 28.8 Å². The van der Waals surface area contributed by atoms with Gasteiger partial charge in [-0.2, -0.15) is 0 Å². The van der Waals surface area contributed by atoms with Gasteiger partial charge in [-0.15, -0.1) is 0 Å². The maximum atomic E-state index is 12.1. The topological polar surface area (TPSA) is 23.5 Å². The number of hydrogen-bond donors (Lipinski definition) is 1. The molecule has 6 rings (SSSR count). The summed E-state index contributed by atoms with van der Waals surface area (Å²) in [7, 11) is -2.17. The number of nitrogens with zero attached hydrogens (tertiary/aromatic N) is 1. The fourth-order valence-electron chi connectivity index (χ4n) is 5.89. The number of aliphatic hydroxyl groups excluding tert-OH is 1. The highest BCUT2D eigenvalue weighted by Gasteiger charge is 2.58. The first-order valence-corrected chi connectivity index (χ1v) is 14.1. The number of halogens is 1. The lowest BCUT2D eigenvalue weighted by molar-refractivity contribution is -0.00000833. The third-order valence-electron chi connectivity index (χ3n) is 7.39. The van der Waals surface area contributed by atoms with E-state index < -0.39 is 13.5 Å². The van der Waals surface area contributed by atoms with Crippen molar-refractivity contribution in [2.75, 3.05) is 11.4 Å². The molecule has 0 spiro atoms. The van der Waals surface area contributed by atoms with E-state index in [-0.39, 0.29) is 22.6 Å². The molecule has 4 heteroatoms.